The van der Waals surface area contributed by atoms with E-state index in [1.807, 2.05) is 12.1 Å². The van der Waals surface area contributed by atoms with Crippen molar-refractivity contribution in [2.24, 2.45) is 0 Å². The number of amides is 2. The number of carbonyl (C=O) groups is 3. The summed E-state index contributed by atoms with van der Waals surface area (Å²) in [4.78, 5) is 39.4. The Morgan fingerprint density at radius 2 is 1.39 bits per heavy atom. The maximum Gasteiger partial charge on any atom is 0.253 e. The minimum atomic E-state index is -3.80. The van der Waals surface area contributed by atoms with Gasteiger partial charge in [-0.3, -0.25) is 18.7 Å². The van der Waals surface area contributed by atoms with Crippen molar-refractivity contribution >= 4 is 39.0 Å². The van der Waals surface area contributed by atoms with Gasteiger partial charge in [0, 0.05) is 36.5 Å². The summed E-state index contributed by atoms with van der Waals surface area (Å²) in [6.07, 6.45) is 1.00. The van der Waals surface area contributed by atoms with Crippen LogP contribution in [0.5, 0.6) is 0 Å². The summed E-state index contributed by atoms with van der Waals surface area (Å²) in [5.41, 5.74) is 3.02. The molecule has 0 spiro atoms. The van der Waals surface area contributed by atoms with Gasteiger partial charge in [0.15, 0.2) is 5.78 Å². The first-order valence-electron chi connectivity index (χ1n) is 12.0. The van der Waals surface area contributed by atoms with Crippen molar-refractivity contribution < 1.29 is 22.8 Å². The largest absolute Gasteiger partial charge is 0.345 e. The van der Waals surface area contributed by atoms with Gasteiger partial charge in [-0.2, -0.15) is 0 Å². The predicted octanol–water partition coefficient (Wildman–Crippen LogP) is 4.32. The lowest BCUT2D eigenvalue weighted by molar-refractivity contribution is -0.114. The van der Waals surface area contributed by atoms with E-state index in [2.05, 4.69) is 26.1 Å². The maximum atomic E-state index is 13.0. The lowest BCUT2D eigenvalue weighted by Crippen LogP contribution is -2.37. The molecule has 200 valence electrons. The zero-order valence-corrected chi connectivity index (χ0v) is 23.3. The Balaban J connectivity index is 1.75. The van der Waals surface area contributed by atoms with Crippen molar-refractivity contribution in [3.8, 4) is 0 Å². The predicted molar refractivity (Wildman–Crippen MR) is 150 cm³/mol. The van der Waals surface area contributed by atoms with E-state index in [-0.39, 0.29) is 22.8 Å². The molecule has 0 saturated carbocycles. The number of benzene rings is 3. The average molecular weight is 536 g/mol. The molecule has 3 rings (SSSR count). The van der Waals surface area contributed by atoms with E-state index in [0.29, 0.717) is 22.4 Å². The van der Waals surface area contributed by atoms with Crippen molar-refractivity contribution in [2.45, 2.75) is 26.2 Å². The first kappa shape index (κ1) is 28.6. The van der Waals surface area contributed by atoms with Crippen LogP contribution in [0.1, 0.15) is 52.6 Å². The van der Waals surface area contributed by atoms with Crippen LogP contribution in [0.3, 0.4) is 0 Å². The molecule has 3 aromatic rings. The number of ketones is 1. The molecule has 0 unspecified atom stereocenters. The van der Waals surface area contributed by atoms with Crippen LogP contribution in [0.15, 0.2) is 72.8 Å². The Morgan fingerprint density at radius 3 is 1.92 bits per heavy atom. The topological polar surface area (TPSA) is 104 Å². The molecule has 3 aromatic carbocycles. The highest BCUT2D eigenvalue weighted by molar-refractivity contribution is 7.92. The van der Waals surface area contributed by atoms with Crippen LogP contribution >= 0.6 is 0 Å². The third-order valence-corrected chi connectivity index (χ3v) is 7.06. The minimum Gasteiger partial charge on any atom is -0.345 e. The molecule has 0 radical (unpaired) electrons. The highest BCUT2D eigenvalue weighted by Gasteiger charge is 2.22. The van der Waals surface area contributed by atoms with Gasteiger partial charge in [-0.15, -0.1) is 0 Å². The molecular formula is C29H33N3O5S. The monoisotopic (exact) mass is 535 g/mol. The number of hydrogen-bond acceptors (Lipinski definition) is 5. The summed E-state index contributed by atoms with van der Waals surface area (Å²) in [7, 11) is -0.564. The fourth-order valence-electron chi connectivity index (χ4n) is 3.79. The number of nitrogens with zero attached hydrogens (tertiary/aromatic N) is 2. The van der Waals surface area contributed by atoms with Gasteiger partial charge in [0.2, 0.25) is 15.9 Å². The van der Waals surface area contributed by atoms with Crippen molar-refractivity contribution in [2.75, 3.05) is 36.5 Å². The van der Waals surface area contributed by atoms with Crippen LogP contribution in [0.2, 0.25) is 0 Å². The van der Waals surface area contributed by atoms with Crippen LogP contribution in [0.4, 0.5) is 11.4 Å². The van der Waals surface area contributed by atoms with Crippen LogP contribution in [0.25, 0.3) is 0 Å². The second-order valence-electron chi connectivity index (χ2n) is 10.3. The summed E-state index contributed by atoms with van der Waals surface area (Å²) >= 11 is 0. The molecule has 0 bridgehead atoms. The first-order chi connectivity index (χ1) is 17.7. The highest BCUT2D eigenvalue weighted by Crippen LogP contribution is 2.24. The van der Waals surface area contributed by atoms with E-state index in [1.54, 1.807) is 50.5 Å². The molecule has 8 nitrogen and oxygen atoms in total. The SMILES string of the molecule is CN(C)C(=O)c1ccc(N(CC(=O)Nc2cccc(C(=O)c3ccc(C(C)(C)C)cc3)c2)S(C)(=O)=O)cc1. The Labute approximate surface area is 224 Å². The van der Waals surface area contributed by atoms with Crippen LogP contribution < -0.4 is 9.62 Å². The fourth-order valence-corrected chi connectivity index (χ4v) is 4.64. The van der Waals surface area contributed by atoms with E-state index < -0.39 is 22.5 Å². The molecule has 0 aliphatic carbocycles. The molecule has 0 aliphatic rings. The second kappa shape index (κ2) is 11.2. The summed E-state index contributed by atoms with van der Waals surface area (Å²) < 4.78 is 25.9. The van der Waals surface area contributed by atoms with Crippen LogP contribution in [-0.2, 0) is 20.2 Å². The molecule has 0 aliphatic heterocycles. The van der Waals surface area contributed by atoms with Gasteiger partial charge in [-0.05, 0) is 47.4 Å². The molecule has 0 heterocycles. The molecule has 9 heteroatoms. The van der Waals surface area contributed by atoms with E-state index in [1.165, 1.54) is 29.2 Å². The molecule has 0 fully saturated rings. The van der Waals surface area contributed by atoms with E-state index >= 15 is 0 Å². The maximum absolute atomic E-state index is 13.0. The number of sulfonamides is 1. The Kier molecular flexibility index (Phi) is 8.41. The van der Waals surface area contributed by atoms with Gasteiger partial charge >= 0.3 is 0 Å². The fraction of sp³-hybridized carbons (Fsp3) is 0.276. The quantitative estimate of drug-likeness (QED) is 0.433. The van der Waals surface area contributed by atoms with Crippen molar-refractivity contribution in [1.82, 2.24) is 4.90 Å². The van der Waals surface area contributed by atoms with Crippen molar-refractivity contribution in [3.05, 3.63) is 95.1 Å². The average Bonchev–Trinajstić information content (AvgIpc) is 2.85. The van der Waals surface area contributed by atoms with E-state index in [0.717, 1.165) is 16.1 Å². The van der Waals surface area contributed by atoms with E-state index in [4.69, 9.17) is 0 Å². The summed E-state index contributed by atoms with van der Waals surface area (Å²) in [5, 5.41) is 2.68. The number of hydrogen-bond donors (Lipinski definition) is 1. The smallest absolute Gasteiger partial charge is 0.253 e. The number of carbonyl (C=O) groups excluding carboxylic acids is 3. The Morgan fingerprint density at radius 1 is 0.816 bits per heavy atom. The number of anilines is 2. The lowest BCUT2D eigenvalue weighted by Gasteiger charge is -2.22. The van der Waals surface area contributed by atoms with Gasteiger partial charge in [0.25, 0.3) is 5.91 Å². The Hall–Kier alpha value is -3.98. The van der Waals surface area contributed by atoms with Gasteiger partial charge in [0.1, 0.15) is 6.54 Å². The van der Waals surface area contributed by atoms with E-state index in [9.17, 15) is 22.8 Å². The zero-order chi connectivity index (χ0) is 28.3. The molecule has 0 aromatic heterocycles. The van der Waals surface area contributed by atoms with Gasteiger partial charge in [-0.25, -0.2) is 8.42 Å². The highest BCUT2D eigenvalue weighted by atomic mass is 32.2. The number of rotatable bonds is 8. The van der Waals surface area contributed by atoms with Crippen molar-refractivity contribution in [1.29, 1.82) is 0 Å². The summed E-state index contributed by atoms with van der Waals surface area (Å²) in [6.45, 7) is 5.82. The van der Waals surface area contributed by atoms with Crippen LogP contribution in [-0.4, -0.2) is 57.8 Å². The molecule has 0 saturated heterocycles. The molecule has 1 N–H and O–H groups in total. The third kappa shape index (κ3) is 7.07. The second-order valence-corrected chi connectivity index (χ2v) is 12.2. The first-order valence-corrected chi connectivity index (χ1v) is 13.9. The van der Waals surface area contributed by atoms with Gasteiger partial charge in [0.05, 0.1) is 11.9 Å². The third-order valence-electron chi connectivity index (χ3n) is 5.92. The van der Waals surface area contributed by atoms with Crippen LogP contribution in [0, 0.1) is 0 Å². The summed E-state index contributed by atoms with van der Waals surface area (Å²) in [6, 6.07) is 19.9. The number of nitrogens with one attached hydrogen (secondary N) is 1. The normalized spacial score (nSPS) is 11.5. The van der Waals surface area contributed by atoms with Gasteiger partial charge in [-0.1, -0.05) is 57.2 Å². The minimum absolute atomic E-state index is 0.0304. The van der Waals surface area contributed by atoms with Crippen molar-refractivity contribution in [3.63, 3.8) is 0 Å². The lowest BCUT2D eigenvalue weighted by atomic mass is 9.86. The molecule has 0 atom stereocenters. The molecule has 38 heavy (non-hydrogen) atoms. The van der Waals surface area contributed by atoms with Gasteiger partial charge < -0.3 is 10.2 Å². The molecule has 2 amide bonds. The standard InChI is InChI=1S/C29H33N3O5S/c1-29(2,3)23-14-10-20(11-15-23)27(34)22-8-7-9-24(18-22)30-26(33)19-32(38(6,36)37)25-16-12-21(13-17-25)28(35)31(4)5/h7-18H,19H2,1-6H3,(H,30,33). The molecular weight excluding hydrogens is 502 g/mol. The summed E-state index contributed by atoms with van der Waals surface area (Å²) in [5.74, 6) is -0.991. The zero-order valence-electron chi connectivity index (χ0n) is 22.5. The Bertz CT molecular complexity index is 1440.